The highest BCUT2D eigenvalue weighted by Crippen LogP contribution is 2.23. The number of hydrogen-bond acceptors (Lipinski definition) is 4. The Morgan fingerprint density at radius 3 is 2.79 bits per heavy atom. The summed E-state index contributed by atoms with van der Waals surface area (Å²) in [7, 11) is 0. The number of aliphatic carboxylic acids is 1. The van der Waals surface area contributed by atoms with Gasteiger partial charge in [0.1, 0.15) is 5.65 Å². The van der Waals surface area contributed by atoms with E-state index in [9.17, 15) is 9.59 Å². The molecule has 0 bridgehead atoms. The zero-order valence-electron chi connectivity index (χ0n) is 13.0. The van der Waals surface area contributed by atoms with E-state index in [2.05, 4.69) is 4.98 Å². The molecule has 0 spiro atoms. The van der Waals surface area contributed by atoms with Gasteiger partial charge in [-0.25, -0.2) is 4.98 Å². The molecule has 24 heavy (non-hydrogen) atoms. The molecule has 0 saturated carbocycles. The second kappa shape index (κ2) is 6.54. The van der Waals surface area contributed by atoms with Gasteiger partial charge in [-0.3, -0.25) is 9.59 Å². The van der Waals surface area contributed by atoms with Gasteiger partial charge in [-0.05, 0) is 30.7 Å². The smallest absolute Gasteiger partial charge is 0.303 e. The fourth-order valence-corrected chi connectivity index (χ4v) is 2.71. The van der Waals surface area contributed by atoms with Gasteiger partial charge in [0.25, 0.3) is 0 Å². The minimum atomic E-state index is -0.838. The van der Waals surface area contributed by atoms with Crippen LogP contribution < -0.4 is 5.73 Å². The third-order valence-electron chi connectivity index (χ3n) is 3.82. The number of carbonyl (C=O) groups excluding carboxylic acids is 1. The number of aromatic nitrogens is 2. The van der Waals surface area contributed by atoms with Crippen molar-refractivity contribution in [3.05, 3.63) is 59.9 Å². The summed E-state index contributed by atoms with van der Waals surface area (Å²) in [6.07, 6.45) is 3.95. The summed E-state index contributed by atoms with van der Waals surface area (Å²) >= 11 is 0. The number of rotatable bonds is 6. The fourth-order valence-electron chi connectivity index (χ4n) is 2.71. The van der Waals surface area contributed by atoms with Gasteiger partial charge in [-0.2, -0.15) is 0 Å². The molecule has 3 rings (SSSR count). The Bertz CT molecular complexity index is 915. The van der Waals surface area contributed by atoms with Crippen molar-refractivity contribution in [3.63, 3.8) is 0 Å². The van der Waals surface area contributed by atoms with Crippen LogP contribution in [-0.2, 0) is 11.3 Å². The molecule has 6 nitrogen and oxygen atoms in total. The quantitative estimate of drug-likeness (QED) is 0.537. The highest BCUT2D eigenvalue weighted by Gasteiger charge is 2.17. The largest absolute Gasteiger partial charge is 0.481 e. The first-order valence-electron chi connectivity index (χ1n) is 7.62. The van der Waals surface area contributed by atoms with Crippen LogP contribution in [-0.4, -0.2) is 26.4 Å². The highest BCUT2D eigenvalue weighted by atomic mass is 16.4. The Kier molecular flexibility index (Phi) is 4.29. The number of fused-ring (bicyclic) bond motifs is 1. The third kappa shape index (κ3) is 3.12. The number of anilines is 1. The predicted molar refractivity (Wildman–Crippen MR) is 90.9 cm³/mol. The van der Waals surface area contributed by atoms with Crippen molar-refractivity contribution in [1.29, 1.82) is 0 Å². The molecule has 0 unspecified atom stereocenters. The number of hydrogen-bond donors (Lipinski definition) is 2. The number of pyridine rings is 1. The normalized spacial score (nSPS) is 10.8. The lowest BCUT2D eigenvalue weighted by Crippen LogP contribution is -2.03. The summed E-state index contributed by atoms with van der Waals surface area (Å²) in [5.74, 6) is -0.965. The fraction of sp³-hybridized carbons (Fsp3) is 0.167. The van der Waals surface area contributed by atoms with Crippen LogP contribution >= 0.6 is 0 Å². The van der Waals surface area contributed by atoms with E-state index in [-0.39, 0.29) is 12.2 Å². The van der Waals surface area contributed by atoms with Crippen LogP contribution in [0.2, 0.25) is 0 Å². The molecule has 2 heterocycles. The average Bonchev–Trinajstić information content (AvgIpc) is 2.93. The van der Waals surface area contributed by atoms with Crippen molar-refractivity contribution in [3.8, 4) is 0 Å². The highest BCUT2D eigenvalue weighted by molar-refractivity contribution is 6.16. The van der Waals surface area contributed by atoms with Crippen LogP contribution in [0.3, 0.4) is 0 Å². The lowest BCUT2D eigenvalue weighted by atomic mass is 10.0. The lowest BCUT2D eigenvalue weighted by molar-refractivity contribution is -0.137. The van der Waals surface area contributed by atoms with Crippen molar-refractivity contribution >= 4 is 28.5 Å². The minimum absolute atomic E-state index is 0.0744. The molecule has 1 aromatic carbocycles. The van der Waals surface area contributed by atoms with Gasteiger partial charge in [-0.1, -0.05) is 12.1 Å². The van der Waals surface area contributed by atoms with Crippen LogP contribution in [0.1, 0.15) is 28.8 Å². The van der Waals surface area contributed by atoms with Crippen molar-refractivity contribution in [1.82, 2.24) is 9.55 Å². The Labute approximate surface area is 138 Å². The standard InChI is InChI=1S/C18H17N3O3/c19-13-5-1-4-12(10-13)17(24)15-11-21(9-3-7-16(22)23)18-14(15)6-2-8-20-18/h1-2,4-6,8,10-11H,3,7,9,19H2,(H,22,23). The molecule has 0 fully saturated rings. The monoisotopic (exact) mass is 323 g/mol. The van der Waals surface area contributed by atoms with E-state index < -0.39 is 5.97 Å². The first-order chi connectivity index (χ1) is 11.6. The molecule has 3 N–H and O–H groups in total. The number of carboxylic acids is 1. The molecule has 0 saturated heterocycles. The molecule has 6 heteroatoms. The molecule has 0 aliphatic rings. The Morgan fingerprint density at radius 1 is 1.21 bits per heavy atom. The second-order valence-electron chi connectivity index (χ2n) is 5.56. The van der Waals surface area contributed by atoms with Crippen molar-refractivity contribution in [2.45, 2.75) is 19.4 Å². The topological polar surface area (TPSA) is 98.2 Å². The van der Waals surface area contributed by atoms with E-state index in [1.54, 1.807) is 42.7 Å². The van der Waals surface area contributed by atoms with Crippen LogP contribution in [0.5, 0.6) is 0 Å². The van der Waals surface area contributed by atoms with Crippen LogP contribution in [0.15, 0.2) is 48.8 Å². The molecule has 2 aromatic heterocycles. The average molecular weight is 323 g/mol. The lowest BCUT2D eigenvalue weighted by Gasteiger charge is -2.02. The number of nitrogens with two attached hydrogens (primary N) is 1. The van der Waals surface area contributed by atoms with E-state index in [1.165, 1.54) is 0 Å². The molecule has 3 aromatic rings. The van der Waals surface area contributed by atoms with Gasteiger partial charge < -0.3 is 15.4 Å². The molecule has 122 valence electrons. The van der Waals surface area contributed by atoms with Crippen molar-refractivity contribution < 1.29 is 14.7 Å². The number of carbonyl (C=O) groups is 2. The molecular weight excluding hydrogens is 306 g/mol. The predicted octanol–water partition coefficient (Wildman–Crippen LogP) is 2.71. The maximum Gasteiger partial charge on any atom is 0.303 e. The molecule has 0 amide bonds. The minimum Gasteiger partial charge on any atom is -0.481 e. The summed E-state index contributed by atoms with van der Waals surface area (Å²) in [6.45, 7) is 0.490. The Morgan fingerprint density at radius 2 is 2.04 bits per heavy atom. The second-order valence-corrected chi connectivity index (χ2v) is 5.56. The number of ketones is 1. The van der Waals surface area contributed by atoms with Crippen LogP contribution in [0, 0.1) is 0 Å². The van der Waals surface area contributed by atoms with Crippen molar-refractivity contribution in [2.24, 2.45) is 0 Å². The van der Waals surface area contributed by atoms with Crippen LogP contribution in [0.25, 0.3) is 11.0 Å². The van der Waals surface area contributed by atoms with E-state index in [0.717, 1.165) is 5.39 Å². The van der Waals surface area contributed by atoms with E-state index >= 15 is 0 Å². The zero-order chi connectivity index (χ0) is 17.1. The summed E-state index contributed by atoms with van der Waals surface area (Å²) in [6, 6.07) is 10.5. The Balaban J connectivity index is 1.99. The van der Waals surface area contributed by atoms with E-state index in [1.807, 2.05) is 10.6 Å². The van der Waals surface area contributed by atoms with Crippen LogP contribution in [0.4, 0.5) is 5.69 Å². The Hall–Kier alpha value is -3.15. The number of carboxylic acid groups (broad SMARTS) is 1. The number of nitrogens with zero attached hydrogens (tertiary/aromatic N) is 2. The third-order valence-corrected chi connectivity index (χ3v) is 3.82. The zero-order valence-corrected chi connectivity index (χ0v) is 13.0. The summed E-state index contributed by atoms with van der Waals surface area (Å²) in [5, 5.41) is 9.53. The SMILES string of the molecule is Nc1cccc(C(=O)c2cn(CCCC(=O)O)c3ncccc23)c1. The van der Waals surface area contributed by atoms with Gasteiger partial charge in [-0.15, -0.1) is 0 Å². The van der Waals surface area contributed by atoms with Gasteiger partial charge in [0.05, 0.1) is 0 Å². The number of benzene rings is 1. The summed E-state index contributed by atoms with van der Waals surface area (Å²) < 4.78 is 1.83. The number of nitrogen functional groups attached to an aromatic ring is 1. The van der Waals surface area contributed by atoms with Gasteiger partial charge >= 0.3 is 5.97 Å². The first kappa shape index (κ1) is 15.7. The summed E-state index contributed by atoms with van der Waals surface area (Å²) in [4.78, 5) is 27.8. The van der Waals surface area contributed by atoms with Crippen molar-refractivity contribution in [2.75, 3.05) is 5.73 Å². The van der Waals surface area contributed by atoms with Gasteiger partial charge in [0.2, 0.25) is 0 Å². The number of aryl methyl sites for hydroxylation is 1. The van der Waals surface area contributed by atoms with E-state index in [4.69, 9.17) is 10.8 Å². The maximum absolute atomic E-state index is 12.8. The molecule has 0 aliphatic heterocycles. The van der Waals surface area contributed by atoms with E-state index in [0.29, 0.717) is 35.4 Å². The molecule has 0 atom stereocenters. The first-order valence-corrected chi connectivity index (χ1v) is 7.62. The maximum atomic E-state index is 12.8. The van der Waals surface area contributed by atoms with Gasteiger partial charge in [0.15, 0.2) is 5.78 Å². The molecule has 0 aliphatic carbocycles. The molecule has 0 radical (unpaired) electrons. The van der Waals surface area contributed by atoms with Gasteiger partial charge in [0, 0.05) is 47.6 Å². The summed E-state index contributed by atoms with van der Waals surface area (Å²) in [5.41, 5.74) is 8.03. The molecular formula is C18H17N3O3.